The minimum Gasteiger partial charge on any atom is -0.380 e. The van der Waals surface area contributed by atoms with Crippen LogP contribution in [0.2, 0.25) is 0 Å². The van der Waals surface area contributed by atoms with Crippen LogP contribution in [0.1, 0.15) is 39.5 Å². The Morgan fingerprint density at radius 1 is 1.29 bits per heavy atom. The van der Waals surface area contributed by atoms with Gasteiger partial charge >= 0.3 is 0 Å². The number of halogens is 2. The molecule has 0 atom stereocenters. The van der Waals surface area contributed by atoms with E-state index in [0.29, 0.717) is 17.1 Å². The first kappa shape index (κ1) is 12.9. The van der Waals surface area contributed by atoms with Crippen LogP contribution < -0.4 is 5.32 Å². The summed E-state index contributed by atoms with van der Waals surface area (Å²) in [6, 6.07) is 5.60. The zero-order valence-corrected chi connectivity index (χ0v) is 12.0. The molecule has 0 radical (unpaired) electrons. The minimum absolute atomic E-state index is 0.177. The third kappa shape index (κ3) is 3.44. The highest BCUT2D eigenvalue weighted by atomic mass is 79.9. The molecule has 17 heavy (non-hydrogen) atoms. The molecular weight excluding hydrogens is 281 g/mol. The van der Waals surface area contributed by atoms with Gasteiger partial charge in [0.2, 0.25) is 0 Å². The summed E-state index contributed by atoms with van der Waals surface area (Å²) in [4.78, 5) is 0. The van der Waals surface area contributed by atoms with Crippen LogP contribution in [-0.2, 0) is 0 Å². The van der Waals surface area contributed by atoms with Gasteiger partial charge in [0, 0.05) is 10.5 Å². The molecule has 0 heterocycles. The van der Waals surface area contributed by atoms with E-state index in [4.69, 9.17) is 0 Å². The first-order valence-electron chi connectivity index (χ1n) is 6.18. The van der Waals surface area contributed by atoms with Crippen molar-refractivity contribution in [2.45, 2.75) is 45.6 Å². The van der Waals surface area contributed by atoms with E-state index in [1.807, 2.05) is 6.07 Å². The summed E-state index contributed by atoms with van der Waals surface area (Å²) in [6.07, 6.45) is 4.68. The molecule has 1 aliphatic carbocycles. The number of rotatable bonds is 2. The normalized spacial score (nSPS) is 20.2. The number of benzene rings is 1. The van der Waals surface area contributed by atoms with Crippen molar-refractivity contribution in [2.75, 3.05) is 5.32 Å². The molecule has 1 aromatic rings. The van der Waals surface area contributed by atoms with Crippen LogP contribution in [-0.4, -0.2) is 6.04 Å². The smallest absolute Gasteiger partial charge is 0.147 e. The molecule has 0 bridgehead atoms. The zero-order chi connectivity index (χ0) is 12.5. The quantitative estimate of drug-likeness (QED) is 0.813. The summed E-state index contributed by atoms with van der Waals surface area (Å²) in [7, 11) is 0. The highest BCUT2D eigenvalue weighted by Crippen LogP contribution is 2.36. The summed E-state index contributed by atoms with van der Waals surface area (Å²) in [5.74, 6) is -0.177. The lowest BCUT2D eigenvalue weighted by Crippen LogP contribution is -2.30. The molecule has 1 saturated carbocycles. The number of hydrogen-bond donors (Lipinski definition) is 1. The van der Waals surface area contributed by atoms with Gasteiger partial charge in [-0.05, 0) is 49.3 Å². The predicted molar refractivity (Wildman–Crippen MR) is 73.8 cm³/mol. The monoisotopic (exact) mass is 299 g/mol. The Bertz CT molecular complexity index is 393. The van der Waals surface area contributed by atoms with Gasteiger partial charge in [-0.3, -0.25) is 0 Å². The summed E-state index contributed by atoms with van der Waals surface area (Å²) < 4.78 is 14.4. The fraction of sp³-hybridized carbons (Fsp3) is 0.571. The highest BCUT2D eigenvalue weighted by molar-refractivity contribution is 9.10. The van der Waals surface area contributed by atoms with Crippen molar-refractivity contribution in [1.82, 2.24) is 0 Å². The van der Waals surface area contributed by atoms with E-state index < -0.39 is 0 Å². The predicted octanol–water partition coefficient (Wildman–Crippen LogP) is 4.97. The van der Waals surface area contributed by atoms with E-state index >= 15 is 0 Å². The zero-order valence-electron chi connectivity index (χ0n) is 10.4. The highest BCUT2D eigenvalue weighted by Gasteiger charge is 2.26. The van der Waals surface area contributed by atoms with Crippen molar-refractivity contribution >= 4 is 21.6 Å². The van der Waals surface area contributed by atoms with Crippen LogP contribution in [0.15, 0.2) is 22.7 Å². The Morgan fingerprint density at radius 3 is 2.53 bits per heavy atom. The van der Waals surface area contributed by atoms with E-state index in [2.05, 4.69) is 35.1 Å². The van der Waals surface area contributed by atoms with Gasteiger partial charge in [0.25, 0.3) is 0 Å². The first-order valence-corrected chi connectivity index (χ1v) is 6.97. The fourth-order valence-corrected chi connectivity index (χ4v) is 2.70. The maximum atomic E-state index is 13.7. The molecule has 3 heteroatoms. The van der Waals surface area contributed by atoms with Crippen LogP contribution in [0.3, 0.4) is 0 Å². The second kappa shape index (κ2) is 4.97. The van der Waals surface area contributed by atoms with E-state index in [9.17, 15) is 4.39 Å². The number of hydrogen-bond acceptors (Lipinski definition) is 1. The van der Waals surface area contributed by atoms with Gasteiger partial charge in [-0.25, -0.2) is 4.39 Å². The summed E-state index contributed by atoms with van der Waals surface area (Å²) >= 11 is 3.27. The number of nitrogens with one attached hydrogen (secondary N) is 1. The Balaban J connectivity index is 1.98. The van der Waals surface area contributed by atoms with Gasteiger partial charge in [0.05, 0.1) is 5.69 Å². The van der Waals surface area contributed by atoms with Crippen molar-refractivity contribution in [3.63, 3.8) is 0 Å². The molecule has 2 rings (SSSR count). The Hall–Kier alpha value is -0.570. The molecule has 0 aliphatic heterocycles. The number of anilines is 1. The van der Waals surface area contributed by atoms with E-state index in [0.717, 1.165) is 17.3 Å². The SMILES string of the molecule is CC1(C)CCC(Nc2ccc(Br)cc2F)CC1. The van der Waals surface area contributed by atoms with Crippen molar-refractivity contribution in [3.8, 4) is 0 Å². The van der Waals surface area contributed by atoms with Crippen molar-refractivity contribution < 1.29 is 4.39 Å². The van der Waals surface area contributed by atoms with Gasteiger partial charge in [-0.1, -0.05) is 29.8 Å². The lowest BCUT2D eigenvalue weighted by Gasteiger charge is -2.35. The lowest BCUT2D eigenvalue weighted by atomic mass is 9.75. The maximum absolute atomic E-state index is 13.7. The van der Waals surface area contributed by atoms with Crippen LogP contribution in [0.5, 0.6) is 0 Å². The second-order valence-corrected chi connectivity index (χ2v) is 6.62. The standard InChI is InChI=1S/C14H19BrFN/c1-14(2)7-5-11(6-8-14)17-13-4-3-10(15)9-12(13)16/h3-4,9,11,17H,5-8H2,1-2H3. The average molecular weight is 300 g/mol. The molecule has 0 unspecified atom stereocenters. The van der Waals surface area contributed by atoms with Gasteiger partial charge < -0.3 is 5.32 Å². The molecule has 0 spiro atoms. The molecular formula is C14H19BrFN. The van der Waals surface area contributed by atoms with Crippen LogP contribution >= 0.6 is 15.9 Å². The molecule has 1 fully saturated rings. The van der Waals surface area contributed by atoms with Gasteiger partial charge in [-0.15, -0.1) is 0 Å². The van der Waals surface area contributed by atoms with E-state index in [1.54, 1.807) is 6.07 Å². The topological polar surface area (TPSA) is 12.0 Å². The van der Waals surface area contributed by atoms with E-state index in [1.165, 1.54) is 18.9 Å². The molecule has 94 valence electrons. The summed E-state index contributed by atoms with van der Waals surface area (Å²) in [5.41, 5.74) is 1.08. The second-order valence-electron chi connectivity index (χ2n) is 5.71. The Labute approximate surface area is 111 Å². The van der Waals surface area contributed by atoms with Crippen LogP contribution in [0.4, 0.5) is 10.1 Å². The average Bonchev–Trinajstić information content (AvgIpc) is 2.25. The van der Waals surface area contributed by atoms with Gasteiger partial charge in [-0.2, -0.15) is 0 Å². The maximum Gasteiger partial charge on any atom is 0.147 e. The van der Waals surface area contributed by atoms with Gasteiger partial charge in [0.1, 0.15) is 5.82 Å². The third-order valence-electron chi connectivity index (χ3n) is 3.63. The van der Waals surface area contributed by atoms with Crippen molar-refractivity contribution in [3.05, 3.63) is 28.5 Å². The molecule has 1 aromatic carbocycles. The largest absolute Gasteiger partial charge is 0.380 e. The Morgan fingerprint density at radius 2 is 1.94 bits per heavy atom. The molecule has 1 N–H and O–H groups in total. The lowest BCUT2D eigenvalue weighted by molar-refractivity contribution is 0.232. The van der Waals surface area contributed by atoms with Crippen LogP contribution in [0.25, 0.3) is 0 Å². The molecule has 0 amide bonds. The molecule has 1 aliphatic rings. The van der Waals surface area contributed by atoms with Crippen molar-refractivity contribution in [2.24, 2.45) is 5.41 Å². The van der Waals surface area contributed by atoms with Gasteiger partial charge in [0.15, 0.2) is 0 Å². The fourth-order valence-electron chi connectivity index (χ4n) is 2.37. The third-order valence-corrected chi connectivity index (χ3v) is 4.12. The minimum atomic E-state index is -0.177. The molecule has 0 saturated heterocycles. The Kier molecular flexibility index (Phi) is 3.76. The summed E-state index contributed by atoms with van der Waals surface area (Å²) in [6.45, 7) is 4.62. The summed E-state index contributed by atoms with van der Waals surface area (Å²) in [5, 5.41) is 3.32. The molecule has 0 aromatic heterocycles. The molecule has 1 nitrogen and oxygen atoms in total. The van der Waals surface area contributed by atoms with Crippen LogP contribution in [0, 0.1) is 11.2 Å². The first-order chi connectivity index (χ1) is 7.96. The van der Waals surface area contributed by atoms with Crippen molar-refractivity contribution in [1.29, 1.82) is 0 Å². The van der Waals surface area contributed by atoms with E-state index in [-0.39, 0.29) is 5.82 Å².